The van der Waals surface area contributed by atoms with Crippen LogP contribution in [0.5, 0.6) is 0 Å². The number of nitrogens with two attached hydrogens (primary N) is 1. The van der Waals surface area contributed by atoms with Crippen LogP contribution in [0.4, 0.5) is 15.8 Å². The Labute approximate surface area is 116 Å². The third-order valence-electron chi connectivity index (χ3n) is 2.63. The number of hydrogen-bond donors (Lipinski definition) is 2. The lowest BCUT2D eigenvalue weighted by molar-refractivity contribution is -0.121. The number of anilines is 2. The fraction of sp³-hybridized carbons (Fsp3) is 0.133. The van der Waals surface area contributed by atoms with Crippen LogP contribution in [-0.4, -0.2) is 12.5 Å². The van der Waals surface area contributed by atoms with Gasteiger partial charge in [-0.05, 0) is 29.8 Å². The van der Waals surface area contributed by atoms with Crippen LogP contribution in [0.1, 0.15) is 5.56 Å². The van der Waals surface area contributed by atoms with Gasteiger partial charge in [0.05, 0.1) is 12.3 Å². The number of hydrogen-bond acceptors (Lipinski definition) is 3. The highest BCUT2D eigenvalue weighted by molar-refractivity contribution is 5.91. The maximum Gasteiger partial charge on any atom is 0.250 e. The van der Waals surface area contributed by atoms with E-state index in [1.54, 1.807) is 24.3 Å². The van der Waals surface area contributed by atoms with Gasteiger partial charge in [0.2, 0.25) is 5.91 Å². The predicted octanol–water partition coefficient (Wildman–Crippen LogP) is 2.56. The highest BCUT2D eigenvalue weighted by atomic mass is 19.1. The molecule has 2 aromatic carbocycles. The number of para-hydroxylation sites is 1. The molecular formula is C15H15FN2O2. The summed E-state index contributed by atoms with van der Waals surface area (Å²) in [7, 11) is 0. The maximum absolute atomic E-state index is 13.3. The van der Waals surface area contributed by atoms with Crippen molar-refractivity contribution in [1.29, 1.82) is 0 Å². The van der Waals surface area contributed by atoms with E-state index in [9.17, 15) is 9.18 Å². The summed E-state index contributed by atoms with van der Waals surface area (Å²) in [4.78, 5) is 11.6. The predicted molar refractivity (Wildman–Crippen MR) is 75.5 cm³/mol. The standard InChI is InChI=1S/C15H15FN2O2/c16-13-3-1-2-4-14(13)18-15(19)10-20-9-11-5-7-12(17)8-6-11/h1-8H,9-10,17H2,(H,18,19). The van der Waals surface area contributed by atoms with Crippen molar-refractivity contribution in [2.75, 3.05) is 17.7 Å². The lowest BCUT2D eigenvalue weighted by atomic mass is 10.2. The van der Waals surface area contributed by atoms with Crippen LogP contribution in [0.3, 0.4) is 0 Å². The molecule has 0 aliphatic carbocycles. The number of ether oxygens (including phenoxy) is 1. The molecule has 0 radical (unpaired) electrons. The molecule has 3 N–H and O–H groups in total. The largest absolute Gasteiger partial charge is 0.399 e. The van der Waals surface area contributed by atoms with Gasteiger partial charge in [0.1, 0.15) is 12.4 Å². The van der Waals surface area contributed by atoms with Crippen molar-refractivity contribution >= 4 is 17.3 Å². The van der Waals surface area contributed by atoms with Crippen LogP contribution in [0, 0.1) is 5.82 Å². The molecule has 0 fully saturated rings. The summed E-state index contributed by atoms with van der Waals surface area (Å²) in [6.07, 6.45) is 0. The molecular weight excluding hydrogens is 259 g/mol. The lowest BCUT2D eigenvalue weighted by Crippen LogP contribution is -2.18. The minimum Gasteiger partial charge on any atom is -0.399 e. The van der Waals surface area contributed by atoms with Crippen LogP contribution in [0.15, 0.2) is 48.5 Å². The van der Waals surface area contributed by atoms with Crippen molar-refractivity contribution < 1.29 is 13.9 Å². The quantitative estimate of drug-likeness (QED) is 0.824. The fourth-order valence-electron chi connectivity index (χ4n) is 1.62. The molecule has 2 rings (SSSR count). The molecule has 20 heavy (non-hydrogen) atoms. The second-order valence-corrected chi connectivity index (χ2v) is 4.26. The van der Waals surface area contributed by atoms with E-state index in [1.165, 1.54) is 12.1 Å². The zero-order chi connectivity index (χ0) is 14.4. The highest BCUT2D eigenvalue weighted by Gasteiger charge is 2.06. The van der Waals surface area contributed by atoms with Gasteiger partial charge in [0, 0.05) is 5.69 Å². The van der Waals surface area contributed by atoms with E-state index >= 15 is 0 Å². The Kier molecular flexibility index (Phi) is 4.68. The lowest BCUT2D eigenvalue weighted by Gasteiger charge is -2.07. The van der Waals surface area contributed by atoms with Gasteiger partial charge in [-0.25, -0.2) is 4.39 Å². The van der Waals surface area contributed by atoms with E-state index in [1.807, 2.05) is 12.1 Å². The van der Waals surface area contributed by atoms with Crippen LogP contribution < -0.4 is 11.1 Å². The topological polar surface area (TPSA) is 64.3 Å². The van der Waals surface area contributed by atoms with Gasteiger partial charge < -0.3 is 15.8 Å². The van der Waals surface area contributed by atoms with Gasteiger partial charge in [-0.3, -0.25) is 4.79 Å². The Morgan fingerprint density at radius 3 is 2.55 bits per heavy atom. The summed E-state index contributed by atoms with van der Waals surface area (Å²) in [6, 6.07) is 13.2. The summed E-state index contributed by atoms with van der Waals surface area (Å²) in [5, 5.41) is 2.45. The van der Waals surface area contributed by atoms with Crippen molar-refractivity contribution in [3.8, 4) is 0 Å². The number of halogens is 1. The second kappa shape index (κ2) is 6.68. The minimum absolute atomic E-state index is 0.140. The smallest absolute Gasteiger partial charge is 0.250 e. The Morgan fingerprint density at radius 1 is 1.15 bits per heavy atom. The Balaban J connectivity index is 1.78. The average molecular weight is 274 g/mol. The van der Waals surface area contributed by atoms with Crippen molar-refractivity contribution in [2.45, 2.75) is 6.61 Å². The molecule has 0 unspecified atom stereocenters. The average Bonchev–Trinajstić information content (AvgIpc) is 2.44. The van der Waals surface area contributed by atoms with Crippen molar-refractivity contribution in [3.05, 3.63) is 59.9 Å². The molecule has 0 saturated heterocycles. The number of rotatable bonds is 5. The first kappa shape index (κ1) is 14.0. The van der Waals surface area contributed by atoms with Gasteiger partial charge in [0.25, 0.3) is 0 Å². The van der Waals surface area contributed by atoms with E-state index in [-0.39, 0.29) is 12.3 Å². The monoisotopic (exact) mass is 274 g/mol. The summed E-state index contributed by atoms with van der Waals surface area (Å²) >= 11 is 0. The molecule has 5 heteroatoms. The molecule has 0 heterocycles. The zero-order valence-electron chi connectivity index (χ0n) is 10.8. The normalized spacial score (nSPS) is 10.2. The molecule has 1 amide bonds. The highest BCUT2D eigenvalue weighted by Crippen LogP contribution is 2.12. The Hall–Kier alpha value is -2.40. The Morgan fingerprint density at radius 2 is 1.85 bits per heavy atom. The molecule has 0 spiro atoms. The molecule has 0 bridgehead atoms. The van der Waals surface area contributed by atoms with E-state index in [0.29, 0.717) is 12.3 Å². The van der Waals surface area contributed by atoms with Gasteiger partial charge in [-0.2, -0.15) is 0 Å². The van der Waals surface area contributed by atoms with E-state index in [4.69, 9.17) is 10.5 Å². The third-order valence-corrected chi connectivity index (χ3v) is 2.63. The Bertz CT molecular complexity index is 585. The minimum atomic E-state index is -0.473. The number of benzene rings is 2. The van der Waals surface area contributed by atoms with Crippen molar-refractivity contribution in [2.24, 2.45) is 0 Å². The first-order valence-electron chi connectivity index (χ1n) is 6.11. The van der Waals surface area contributed by atoms with Crippen LogP contribution in [0.25, 0.3) is 0 Å². The van der Waals surface area contributed by atoms with Gasteiger partial charge >= 0.3 is 0 Å². The summed E-state index contributed by atoms with van der Waals surface area (Å²) in [6.45, 7) is 0.156. The molecule has 104 valence electrons. The molecule has 4 nitrogen and oxygen atoms in total. The number of carbonyl (C=O) groups excluding carboxylic acids is 1. The molecule has 0 atom stereocenters. The summed E-state index contributed by atoms with van der Waals surface area (Å²) in [5.74, 6) is -0.870. The molecule has 0 saturated carbocycles. The van der Waals surface area contributed by atoms with E-state index in [0.717, 1.165) is 5.56 Å². The van der Waals surface area contributed by atoms with E-state index in [2.05, 4.69) is 5.32 Å². The second-order valence-electron chi connectivity index (χ2n) is 4.26. The first-order chi connectivity index (χ1) is 9.65. The van der Waals surface area contributed by atoms with Crippen LogP contribution in [-0.2, 0) is 16.1 Å². The zero-order valence-corrected chi connectivity index (χ0v) is 10.8. The fourth-order valence-corrected chi connectivity index (χ4v) is 1.62. The SMILES string of the molecule is Nc1ccc(COCC(=O)Nc2ccccc2F)cc1. The van der Waals surface area contributed by atoms with Crippen molar-refractivity contribution in [1.82, 2.24) is 0 Å². The maximum atomic E-state index is 13.3. The number of amides is 1. The van der Waals surface area contributed by atoms with Crippen LogP contribution in [0.2, 0.25) is 0 Å². The first-order valence-corrected chi connectivity index (χ1v) is 6.11. The summed E-state index contributed by atoms with van der Waals surface area (Å²) in [5.41, 5.74) is 7.30. The van der Waals surface area contributed by atoms with Gasteiger partial charge in [0.15, 0.2) is 0 Å². The molecule has 2 aromatic rings. The number of nitrogen functional groups attached to an aromatic ring is 1. The van der Waals surface area contributed by atoms with Crippen molar-refractivity contribution in [3.63, 3.8) is 0 Å². The summed E-state index contributed by atoms with van der Waals surface area (Å²) < 4.78 is 18.6. The third kappa shape index (κ3) is 4.07. The number of nitrogens with one attached hydrogen (secondary N) is 1. The van der Waals surface area contributed by atoms with Crippen LogP contribution >= 0.6 is 0 Å². The van der Waals surface area contributed by atoms with E-state index < -0.39 is 11.7 Å². The van der Waals surface area contributed by atoms with Gasteiger partial charge in [-0.1, -0.05) is 24.3 Å². The van der Waals surface area contributed by atoms with Gasteiger partial charge in [-0.15, -0.1) is 0 Å². The molecule has 0 aliphatic heterocycles. The number of carbonyl (C=O) groups is 1. The molecule has 0 aliphatic rings. The molecule has 0 aromatic heterocycles.